The van der Waals surface area contributed by atoms with Gasteiger partial charge in [0.05, 0.1) is 18.8 Å². The van der Waals surface area contributed by atoms with E-state index in [1.807, 2.05) is 31.2 Å². The number of carbonyl (C=O) groups excluding carboxylic acids is 1. The Kier molecular flexibility index (Phi) is 7.42. The fraction of sp³-hybridized carbons (Fsp3) is 0.409. The lowest BCUT2D eigenvalue weighted by Gasteiger charge is -2.35. The van der Waals surface area contributed by atoms with Crippen molar-refractivity contribution in [1.29, 1.82) is 0 Å². The quantitative estimate of drug-likeness (QED) is 0.649. The molecule has 2 aromatic carbocycles. The first-order chi connectivity index (χ1) is 12.7. The minimum atomic E-state index is -1.23. The van der Waals surface area contributed by atoms with Crippen LogP contribution < -0.4 is 0 Å². The predicted octanol–water partition coefficient (Wildman–Crippen LogP) is 4.55. The number of ether oxygens (including phenoxy) is 1. The summed E-state index contributed by atoms with van der Waals surface area (Å²) in [6.45, 7) is 3.70. The Morgan fingerprint density at radius 2 is 1.74 bits per heavy atom. The Bertz CT molecular complexity index is 738. The molecule has 5 heteroatoms. The zero-order valence-corrected chi connectivity index (χ0v) is 16.7. The van der Waals surface area contributed by atoms with Crippen LogP contribution in [0.15, 0.2) is 48.5 Å². The number of hydrogen-bond donors (Lipinski definition) is 2. The molecule has 0 heterocycles. The molecule has 0 fully saturated rings. The third kappa shape index (κ3) is 5.80. The normalized spacial score (nSPS) is 15.6. The maximum absolute atomic E-state index is 11.6. The molecule has 0 bridgehead atoms. The van der Waals surface area contributed by atoms with E-state index < -0.39 is 11.7 Å². The molecule has 27 heavy (non-hydrogen) atoms. The van der Waals surface area contributed by atoms with Crippen molar-refractivity contribution in [3.05, 3.63) is 70.2 Å². The number of methoxy groups -OCH3 is 1. The van der Waals surface area contributed by atoms with Gasteiger partial charge in [0.1, 0.15) is 0 Å². The molecule has 0 aliphatic carbocycles. The lowest BCUT2D eigenvalue weighted by Crippen LogP contribution is -2.33. The van der Waals surface area contributed by atoms with Gasteiger partial charge in [-0.2, -0.15) is 0 Å². The van der Waals surface area contributed by atoms with E-state index in [9.17, 15) is 15.0 Å². The molecule has 0 spiro atoms. The highest BCUT2D eigenvalue weighted by Gasteiger charge is 2.35. The van der Waals surface area contributed by atoms with Gasteiger partial charge in [-0.25, -0.2) is 0 Å². The van der Waals surface area contributed by atoms with Crippen LogP contribution in [0.1, 0.15) is 49.0 Å². The highest BCUT2D eigenvalue weighted by Crippen LogP contribution is 2.38. The van der Waals surface area contributed by atoms with Crippen LogP contribution >= 0.6 is 11.6 Å². The topological polar surface area (TPSA) is 66.8 Å². The molecule has 0 saturated carbocycles. The molecule has 0 aromatic heterocycles. The van der Waals surface area contributed by atoms with E-state index in [4.69, 9.17) is 16.3 Å². The maximum atomic E-state index is 11.6. The van der Waals surface area contributed by atoms with Crippen molar-refractivity contribution in [2.24, 2.45) is 5.92 Å². The number of benzene rings is 2. The fourth-order valence-electron chi connectivity index (χ4n) is 3.24. The monoisotopic (exact) mass is 390 g/mol. The summed E-state index contributed by atoms with van der Waals surface area (Å²) >= 11 is 5.96. The van der Waals surface area contributed by atoms with Crippen LogP contribution in [0.5, 0.6) is 0 Å². The third-order valence-electron chi connectivity index (χ3n) is 5.12. The lowest BCUT2D eigenvalue weighted by molar-refractivity contribution is -0.141. The van der Waals surface area contributed by atoms with E-state index in [1.54, 1.807) is 31.2 Å². The minimum Gasteiger partial charge on any atom is -0.469 e. The highest BCUT2D eigenvalue weighted by atomic mass is 35.5. The number of rotatable bonds is 8. The van der Waals surface area contributed by atoms with Crippen LogP contribution in [0, 0.1) is 12.8 Å². The zero-order chi connectivity index (χ0) is 20.0. The first kappa shape index (κ1) is 21.4. The molecule has 0 radical (unpaired) electrons. The Balaban J connectivity index is 2.24. The number of carbonyl (C=O) groups is 1. The maximum Gasteiger partial charge on any atom is 0.305 e. The number of aliphatic hydroxyl groups excluding tert-OH is 1. The van der Waals surface area contributed by atoms with Gasteiger partial charge in [0.15, 0.2) is 0 Å². The lowest BCUT2D eigenvalue weighted by atomic mass is 9.76. The van der Waals surface area contributed by atoms with Crippen molar-refractivity contribution in [3.63, 3.8) is 0 Å². The molecule has 0 aliphatic rings. The van der Waals surface area contributed by atoms with Crippen LogP contribution in [0.3, 0.4) is 0 Å². The summed E-state index contributed by atoms with van der Waals surface area (Å²) in [7, 11) is 1.34. The first-order valence-corrected chi connectivity index (χ1v) is 9.41. The molecular formula is C22H27ClO4. The Hall–Kier alpha value is -1.88. The van der Waals surface area contributed by atoms with Crippen molar-refractivity contribution in [3.8, 4) is 0 Å². The van der Waals surface area contributed by atoms with Crippen molar-refractivity contribution >= 4 is 17.6 Å². The summed E-state index contributed by atoms with van der Waals surface area (Å²) in [6.07, 6.45) is 0.138. The van der Waals surface area contributed by atoms with Crippen molar-refractivity contribution in [1.82, 2.24) is 0 Å². The fourth-order valence-corrected chi connectivity index (χ4v) is 3.37. The Morgan fingerprint density at radius 1 is 1.15 bits per heavy atom. The summed E-state index contributed by atoms with van der Waals surface area (Å²) < 4.78 is 4.74. The van der Waals surface area contributed by atoms with E-state index in [0.29, 0.717) is 23.4 Å². The van der Waals surface area contributed by atoms with Crippen molar-refractivity contribution < 1.29 is 19.7 Å². The largest absolute Gasteiger partial charge is 0.469 e. The molecule has 146 valence electrons. The van der Waals surface area contributed by atoms with E-state index in [2.05, 4.69) is 0 Å². The predicted molar refractivity (Wildman–Crippen MR) is 107 cm³/mol. The van der Waals surface area contributed by atoms with Crippen molar-refractivity contribution in [2.75, 3.05) is 7.11 Å². The van der Waals surface area contributed by atoms with Crippen LogP contribution in [0.25, 0.3) is 0 Å². The Labute approximate surface area is 165 Å². The standard InChI is InChI=1S/C22H27ClO4/c1-15-4-6-16(7-5-15)20(24)14-18(10-13-21(25)27-3)22(2,26)17-8-11-19(23)12-9-17/h4-9,11-12,18,20,24,26H,10,13-14H2,1-3H3. The summed E-state index contributed by atoms with van der Waals surface area (Å²) in [5.41, 5.74) is 1.36. The molecule has 0 amide bonds. The summed E-state index contributed by atoms with van der Waals surface area (Å²) in [5, 5.41) is 22.5. The van der Waals surface area contributed by atoms with Gasteiger partial charge in [0.2, 0.25) is 0 Å². The molecule has 3 unspecified atom stereocenters. The van der Waals surface area contributed by atoms with E-state index >= 15 is 0 Å². The van der Waals surface area contributed by atoms with Gasteiger partial charge in [-0.15, -0.1) is 0 Å². The van der Waals surface area contributed by atoms with E-state index in [1.165, 1.54) is 7.11 Å². The highest BCUT2D eigenvalue weighted by molar-refractivity contribution is 6.30. The SMILES string of the molecule is COC(=O)CCC(CC(O)c1ccc(C)cc1)C(C)(O)c1ccc(Cl)cc1. The molecular weight excluding hydrogens is 364 g/mol. The summed E-state index contributed by atoms with van der Waals surface area (Å²) in [6, 6.07) is 14.6. The van der Waals surface area contributed by atoms with Gasteiger partial charge in [-0.3, -0.25) is 4.79 Å². The van der Waals surface area contributed by atoms with Crippen LogP contribution in [-0.2, 0) is 15.1 Å². The molecule has 2 N–H and O–H groups in total. The van der Waals surface area contributed by atoms with Crippen LogP contribution in [0.4, 0.5) is 0 Å². The number of aryl methyl sites for hydroxylation is 1. The smallest absolute Gasteiger partial charge is 0.305 e. The van der Waals surface area contributed by atoms with Gasteiger partial charge < -0.3 is 14.9 Å². The molecule has 2 aromatic rings. The summed E-state index contributed by atoms with van der Waals surface area (Å²) in [5.74, 6) is -0.689. The van der Waals surface area contributed by atoms with Gasteiger partial charge in [0.25, 0.3) is 0 Å². The molecule has 3 atom stereocenters. The average molecular weight is 391 g/mol. The molecule has 0 saturated heterocycles. The van der Waals surface area contributed by atoms with Gasteiger partial charge in [-0.05, 0) is 55.9 Å². The van der Waals surface area contributed by atoms with E-state index in [0.717, 1.165) is 11.1 Å². The molecule has 2 rings (SSSR count). The molecule has 0 aliphatic heterocycles. The van der Waals surface area contributed by atoms with Crippen LogP contribution in [0.2, 0.25) is 5.02 Å². The zero-order valence-electron chi connectivity index (χ0n) is 16.0. The number of halogens is 1. The second-order valence-corrected chi connectivity index (χ2v) is 7.56. The first-order valence-electron chi connectivity index (χ1n) is 9.04. The van der Waals surface area contributed by atoms with Gasteiger partial charge in [0, 0.05) is 11.4 Å². The Morgan fingerprint density at radius 3 is 2.30 bits per heavy atom. The van der Waals surface area contributed by atoms with E-state index in [-0.39, 0.29) is 18.3 Å². The van der Waals surface area contributed by atoms with Gasteiger partial charge >= 0.3 is 5.97 Å². The van der Waals surface area contributed by atoms with Crippen molar-refractivity contribution in [2.45, 2.75) is 44.8 Å². The number of esters is 1. The second-order valence-electron chi connectivity index (χ2n) is 7.13. The van der Waals surface area contributed by atoms with Gasteiger partial charge in [-0.1, -0.05) is 53.6 Å². The minimum absolute atomic E-state index is 0.172. The average Bonchev–Trinajstić information content (AvgIpc) is 2.65. The van der Waals surface area contributed by atoms with Crippen LogP contribution in [-0.4, -0.2) is 23.3 Å². The number of aliphatic hydroxyl groups is 2. The second kappa shape index (κ2) is 9.36. The summed E-state index contributed by atoms with van der Waals surface area (Å²) in [4.78, 5) is 11.6. The third-order valence-corrected chi connectivity index (χ3v) is 5.37. The molecule has 4 nitrogen and oxygen atoms in total. The number of hydrogen-bond acceptors (Lipinski definition) is 4.